The molecule has 0 aromatic heterocycles. The van der Waals surface area contributed by atoms with Gasteiger partial charge in [-0.3, -0.25) is 0 Å². The summed E-state index contributed by atoms with van der Waals surface area (Å²) >= 11 is 0. The van der Waals surface area contributed by atoms with Gasteiger partial charge in [-0.25, -0.2) is 0 Å². The van der Waals surface area contributed by atoms with Gasteiger partial charge in [-0.2, -0.15) is 0 Å². The minimum atomic E-state index is -2.09. The molecule has 0 fully saturated rings. The Bertz CT molecular complexity index is 311. The second-order valence-corrected chi connectivity index (χ2v) is 6.46. The summed E-state index contributed by atoms with van der Waals surface area (Å²) in [6.07, 6.45) is 2.06. The van der Waals surface area contributed by atoms with E-state index in [0.717, 1.165) is 0 Å². The van der Waals surface area contributed by atoms with Crippen LogP contribution in [0.15, 0.2) is 36.0 Å². The molecule has 0 aliphatic rings. The largest absolute Gasteiger partial charge is 0.395 e. The van der Waals surface area contributed by atoms with Gasteiger partial charge >= 0.3 is 8.56 Å². The summed E-state index contributed by atoms with van der Waals surface area (Å²) in [7, 11) is -0.381. The van der Waals surface area contributed by atoms with E-state index >= 15 is 0 Å². The van der Waals surface area contributed by atoms with E-state index in [9.17, 15) is 0 Å². The molecule has 82 valence electrons. The smallest absolute Gasteiger partial charge is 0.361 e. The van der Waals surface area contributed by atoms with Crippen molar-refractivity contribution in [2.24, 2.45) is 0 Å². The Morgan fingerprint density at radius 2 is 1.93 bits per heavy atom. The molecule has 0 amide bonds. The molecule has 1 aromatic rings. The average molecular weight is 222 g/mol. The molecule has 1 rings (SSSR count). The van der Waals surface area contributed by atoms with Crippen molar-refractivity contribution in [2.45, 2.75) is 13.5 Å². The van der Waals surface area contributed by atoms with Crippen LogP contribution < -0.4 is 0 Å². The molecule has 0 saturated heterocycles. The van der Waals surface area contributed by atoms with E-state index in [1.807, 2.05) is 31.7 Å². The monoisotopic (exact) mass is 222 g/mol. The van der Waals surface area contributed by atoms with Crippen LogP contribution in [-0.2, 0) is 8.85 Å². The number of rotatable bonds is 5. The number of benzene rings is 1. The average Bonchev–Trinajstić information content (AvgIpc) is 2.28. The molecule has 1 unspecified atom stereocenters. The lowest BCUT2D eigenvalue weighted by molar-refractivity contribution is 0.228. The molecule has 2 nitrogen and oxygen atoms in total. The summed E-state index contributed by atoms with van der Waals surface area (Å²) in [5.74, 6) is 0. The first-order valence-electron chi connectivity index (χ1n) is 5.13. The molecule has 0 heterocycles. The fourth-order valence-electron chi connectivity index (χ4n) is 1.27. The standard InChI is InChI=1S/C12H18O2Si/c1-4-14-15(3,13-2)11-10-12-8-6-5-7-9-12/h5-11H,4H2,1-3H3. The zero-order valence-electron chi connectivity index (χ0n) is 9.57. The molecule has 0 bridgehead atoms. The highest BCUT2D eigenvalue weighted by atomic mass is 28.4. The number of hydrogen-bond acceptors (Lipinski definition) is 2. The van der Waals surface area contributed by atoms with Gasteiger partial charge in [0.1, 0.15) is 0 Å². The summed E-state index contributed by atoms with van der Waals surface area (Å²) in [6, 6.07) is 10.2. The highest BCUT2D eigenvalue weighted by Gasteiger charge is 2.25. The zero-order chi connectivity index (χ0) is 11.1. The van der Waals surface area contributed by atoms with Crippen LogP contribution in [0, 0.1) is 0 Å². The maximum atomic E-state index is 5.63. The van der Waals surface area contributed by atoms with Crippen LogP contribution in [0.5, 0.6) is 0 Å². The van der Waals surface area contributed by atoms with E-state index in [-0.39, 0.29) is 0 Å². The van der Waals surface area contributed by atoms with Crippen molar-refractivity contribution in [2.75, 3.05) is 13.7 Å². The molecule has 0 spiro atoms. The van der Waals surface area contributed by atoms with Crippen molar-refractivity contribution < 1.29 is 8.85 Å². The summed E-state index contributed by atoms with van der Waals surface area (Å²) < 4.78 is 11.1. The van der Waals surface area contributed by atoms with Gasteiger partial charge in [0.2, 0.25) is 0 Å². The third-order valence-electron chi connectivity index (χ3n) is 2.21. The summed E-state index contributed by atoms with van der Waals surface area (Å²) in [4.78, 5) is 0. The fourth-order valence-corrected chi connectivity index (χ4v) is 2.69. The van der Waals surface area contributed by atoms with E-state index in [2.05, 4.69) is 23.9 Å². The Kier molecular flexibility index (Phi) is 4.75. The summed E-state index contributed by atoms with van der Waals surface area (Å²) in [5, 5.41) is 0. The normalized spacial score (nSPS) is 15.4. The Morgan fingerprint density at radius 3 is 2.47 bits per heavy atom. The van der Waals surface area contributed by atoms with Crippen molar-refractivity contribution in [1.29, 1.82) is 0 Å². The van der Waals surface area contributed by atoms with Crippen molar-refractivity contribution in [3.63, 3.8) is 0 Å². The maximum absolute atomic E-state index is 5.63. The molecule has 1 atom stereocenters. The second-order valence-electron chi connectivity index (χ2n) is 3.40. The van der Waals surface area contributed by atoms with Crippen LogP contribution in [0.3, 0.4) is 0 Å². The Hall–Kier alpha value is -0.903. The number of hydrogen-bond donors (Lipinski definition) is 0. The quantitative estimate of drug-likeness (QED) is 0.713. The molecule has 0 N–H and O–H groups in total. The lowest BCUT2D eigenvalue weighted by Gasteiger charge is -2.20. The van der Waals surface area contributed by atoms with Gasteiger partial charge < -0.3 is 8.85 Å². The predicted molar refractivity (Wildman–Crippen MR) is 65.7 cm³/mol. The second kappa shape index (κ2) is 5.85. The SMILES string of the molecule is CCO[Si](C)(C=Cc1ccccc1)OC. The molecule has 0 saturated carbocycles. The highest BCUT2D eigenvalue weighted by Crippen LogP contribution is 2.10. The van der Waals surface area contributed by atoms with Crippen LogP contribution in [0.1, 0.15) is 12.5 Å². The molecule has 0 radical (unpaired) electrons. The van der Waals surface area contributed by atoms with E-state index in [1.54, 1.807) is 7.11 Å². The molecule has 3 heteroatoms. The molecule has 1 aromatic carbocycles. The first-order chi connectivity index (χ1) is 7.20. The third-order valence-corrected chi connectivity index (χ3v) is 4.66. The van der Waals surface area contributed by atoms with Crippen LogP contribution in [0.4, 0.5) is 0 Å². The van der Waals surface area contributed by atoms with Crippen molar-refractivity contribution in [3.05, 3.63) is 41.6 Å². The topological polar surface area (TPSA) is 18.5 Å². The highest BCUT2D eigenvalue weighted by molar-refractivity contribution is 6.71. The van der Waals surface area contributed by atoms with Gasteiger partial charge in [0.15, 0.2) is 0 Å². The lowest BCUT2D eigenvalue weighted by atomic mass is 10.2. The minimum absolute atomic E-state index is 0.690. The van der Waals surface area contributed by atoms with Gasteiger partial charge in [-0.15, -0.1) is 0 Å². The van der Waals surface area contributed by atoms with Gasteiger partial charge in [-0.1, -0.05) is 36.4 Å². The van der Waals surface area contributed by atoms with Crippen molar-refractivity contribution in [3.8, 4) is 0 Å². The van der Waals surface area contributed by atoms with E-state index < -0.39 is 8.56 Å². The fraction of sp³-hybridized carbons (Fsp3) is 0.333. The first-order valence-corrected chi connectivity index (χ1v) is 7.53. The third kappa shape index (κ3) is 3.99. The minimum Gasteiger partial charge on any atom is -0.395 e. The Balaban J connectivity index is 2.70. The Morgan fingerprint density at radius 1 is 1.27 bits per heavy atom. The van der Waals surface area contributed by atoms with E-state index in [0.29, 0.717) is 6.61 Å². The van der Waals surface area contributed by atoms with Crippen LogP contribution >= 0.6 is 0 Å². The predicted octanol–water partition coefficient (Wildman–Crippen LogP) is 2.99. The molecule has 0 aliphatic carbocycles. The molecular formula is C12H18O2Si. The summed E-state index contributed by atoms with van der Waals surface area (Å²) in [6.45, 7) is 4.71. The van der Waals surface area contributed by atoms with Crippen LogP contribution in [-0.4, -0.2) is 22.3 Å². The first kappa shape index (κ1) is 12.2. The van der Waals surface area contributed by atoms with E-state index in [1.165, 1.54) is 5.56 Å². The van der Waals surface area contributed by atoms with Gasteiger partial charge in [-0.05, 0) is 24.7 Å². The maximum Gasteiger partial charge on any atom is 0.361 e. The molecule has 0 aliphatic heterocycles. The van der Waals surface area contributed by atoms with Crippen molar-refractivity contribution >= 4 is 14.6 Å². The van der Waals surface area contributed by atoms with Crippen molar-refractivity contribution in [1.82, 2.24) is 0 Å². The zero-order valence-corrected chi connectivity index (χ0v) is 10.6. The lowest BCUT2D eigenvalue weighted by Crippen LogP contribution is -2.35. The van der Waals surface area contributed by atoms with E-state index in [4.69, 9.17) is 8.85 Å². The van der Waals surface area contributed by atoms with Gasteiger partial charge in [0.05, 0.1) is 0 Å². The van der Waals surface area contributed by atoms with Crippen LogP contribution in [0.2, 0.25) is 6.55 Å². The molecule has 15 heavy (non-hydrogen) atoms. The van der Waals surface area contributed by atoms with Gasteiger partial charge in [0.25, 0.3) is 0 Å². The molecular weight excluding hydrogens is 204 g/mol. The summed E-state index contributed by atoms with van der Waals surface area (Å²) in [5.41, 5.74) is 3.24. The van der Waals surface area contributed by atoms with Gasteiger partial charge in [0, 0.05) is 13.7 Å². The Labute approximate surface area is 92.8 Å². The van der Waals surface area contributed by atoms with Crippen LogP contribution in [0.25, 0.3) is 6.08 Å².